The van der Waals surface area contributed by atoms with Crippen LogP contribution in [0, 0.1) is 39.9 Å². The molecule has 0 atom stereocenters. The lowest BCUT2D eigenvalue weighted by atomic mass is 10.1. The molecule has 0 bridgehead atoms. The first-order valence-corrected chi connectivity index (χ1v) is 2.26. The average Bonchev–Trinajstić information content (AvgIpc) is 2.00. The molecule has 0 amide bonds. The van der Waals surface area contributed by atoms with Crippen molar-refractivity contribution in [3.8, 4) is 18.2 Å². The minimum absolute atomic E-state index is 0.356. The van der Waals surface area contributed by atoms with Gasteiger partial charge in [-0.15, -0.1) is 0 Å². The number of hydrogen-bond acceptors (Lipinski definition) is 3. The highest BCUT2D eigenvalue weighted by Gasteiger charge is 2.08. The van der Waals surface area contributed by atoms with E-state index in [2.05, 4.69) is 0 Å². The van der Waals surface area contributed by atoms with E-state index in [4.69, 9.17) is 21.2 Å². The third-order valence-electron chi connectivity index (χ3n) is 0.788. The van der Waals surface area contributed by atoms with Gasteiger partial charge in [0.25, 0.3) is 0 Å². The van der Waals surface area contributed by atoms with Gasteiger partial charge < -0.3 is 5.41 Å². The van der Waals surface area contributed by atoms with E-state index >= 15 is 0 Å². The van der Waals surface area contributed by atoms with E-state index in [9.17, 15) is 0 Å². The van der Waals surface area contributed by atoms with Crippen LogP contribution in [0.25, 0.3) is 5.41 Å². The van der Waals surface area contributed by atoms with Gasteiger partial charge in [0.1, 0.15) is 6.07 Å². The lowest BCUT2D eigenvalue weighted by Gasteiger charge is -1.91. The fourth-order valence-corrected chi connectivity index (χ4v) is 0.312. The van der Waals surface area contributed by atoms with Crippen LogP contribution in [0.15, 0.2) is 5.57 Å². The highest BCUT2D eigenvalue weighted by Crippen LogP contribution is 2.02. The van der Waals surface area contributed by atoms with Crippen molar-refractivity contribution in [2.45, 2.75) is 0 Å². The van der Waals surface area contributed by atoms with Crippen LogP contribution in [0.1, 0.15) is 0 Å². The zero-order chi connectivity index (χ0) is 7.98. The van der Waals surface area contributed by atoms with Crippen molar-refractivity contribution in [3.05, 3.63) is 11.0 Å². The minimum atomic E-state index is -1.21. The summed E-state index contributed by atoms with van der Waals surface area (Å²) in [5, 5.41) is 32.6. The maximum Gasteiger partial charge on any atom is 0.173 e. The molecule has 0 rings (SSSR count). The summed E-state index contributed by atoms with van der Waals surface area (Å²) in [6.07, 6.45) is 0. The number of allylic oxidation sites excluding steroid dienone is 1. The highest BCUT2D eigenvalue weighted by atomic mass is 14.4. The van der Waals surface area contributed by atoms with Gasteiger partial charge in [0.05, 0.1) is 17.7 Å². The summed E-state index contributed by atoms with van der Waals surface area (Å²) in [6, 6.07) is 4.49. The van der Waals surface area contributed by atoms with Gasteiger partial charge in [-0.3, -0.25) is 5.87 Å². The lowest BCUT2D eigenvalue weighted by molar-refractivity contribution is 1.05. The van der Waals surface area contributed by atoms with Crippen LogP contribution in [-0.2, 0) is 0 Å². The first kappa shape index (κ1) is 7.92. The first-order chi connectivity index (χ1) is 4.79. The second-order valence-corrected chi connectivity index (χ2v) is 1.33. The Morgan fingerprint density at radius 1 is 1.20 bits per heavy atom. The maximum atomic E-state index is 8.16. The van der Waals surface area contributed by atoms with Crippen LogP contribution in [0.2, 0.25) is 0 Å². The van der Waals surface area contributed by atoms with Gasteiger partial charge >= 0.3 is 0 Å². The zero-order valence-corrected chi connectivity index (χ0v) is 4.87. The van der Waals surface area contributed by atoms with Crippen molar-refractivity contribution in [1.82, 2.24) is 0 Å². The van der Waals surface area contributed by atoms with E-state index in [-0.39, 0.29) is 5.57 Å². The van der Waals surface area contributed by atoms with Crippen LogP contribution in [0.3, 0.4) is 0 Å². The third kappa shape index (κ3) is 1.46. The molecule has 0 spiro atoms. The predicted molar refractivity (Wildman–Crippen MR) is 32.2 cm³/mol. The summed E-state index contributed by atoms with van der Waals surface area (Å²) in [7, 11) is 0. The Hall–Kier alpha value is -2.08. The van der Waals surface area contributed by atoms with E-state index in [1.807, 2.05) is 0 Å². The molecular weight excluding hydrogens is 128 g/mol. The summed E-state index contributed by atoms with van der Waals surface area (Å²) in [5.74, 6) is 0.251. The summed E-state index contributed by atoms with van der Waals surface area (Å²) < 4.78 is 0. The standard InChI is InChI=1S/C6HN4/c7-1-5(2-8)6(3-9)4-10/h5H/q-1. The number of rotatable bonds is 1. The zero-order valence-electron chi connectivity index (χ0n) is 4.87. The van der Waals surface area contributed by atoms with Crippen LogP contribution in [-0.4, -0.2) is 5.87 Å². The third-order valence-corrected chi connectivity index (χ3v) is 0.788. The SMILES string of the molecule is N#CC(=C=[N-])C(C#N)C#N. The Balaban J connectivity index is 4.72. The summed E-state index contributed by atoms with van der Waals surface area (Å²) in [5.41, 5.74) is -0.356. The topological polar surface area (TPSA) is 93.7 Å². The Bertz CT molecular complexity index is 275. The van der Waals surface area contributed by atoms with Crippen LogP contribution in [0.5, 0.6) is 0 Å². The second kappa shape index (κ2) is 3.87. The molecule has 0 heterocycles. The molecule has 4 nitrogen and oxygen atoms in total. The van der Waals surface area contributed by atoms with E-state index in [1.54, 1.807) is 0 Å². The molecule has 0 aliphatic heterocycles. The minimum Gasteiger partial charge on any atom is -0.762 e. The van der Waals surface area contributed by atoms with E-state index in [0.717, 1.165) is 0 Å². The normalized spacial score (nSPS) is 6.60. The summed E-state index contributed by atoms with van der Waals surface area (Å²) >= 11 is 0. The Morgan fingerprint density at radius 2 is 1.70 bits per heavy atom. The molecular formula is C6HN4-. The molecule has 4 heteroatoms. The van der Waals surface area contributed by atoms with Crippen LogP contribution < -0.4 is 0 Å². The van der Waals surface area contributed by atoms with Gasteiger partial charge in [0.15, 0.2) is 5.92 Å². The molecule has 0 saturated heterocycles. The molecule has 0 aromatic rings. The van der Waals surface area contributed by atoms with Crippen molar-refractivity contribution in [1.29, 1.82) is 15.8 Å². The molecule has 0 aromatic carbocycles. The Morgan fingerprint density at radius 3 is 1.80 bits per heavy atom. The first-order valence-electron chi connectivity index (χ1n) is 2.26. The number of nitrogens with zero attached hydrogens (tertiary/aromatic N) is 4. The van der Waals surface area contributed by atoms with Crippen molar-refractivity contribution in [3.63, 3.8) is 0 Å². The van der Waals surface area contributed by atoms with Crippen LogP contribution in [0.4, 0.5) is 0 Å². The molecule has 0 fully saturated rings. The van der Waals surface area contributed by atoms with E-state index in [1.165, 1.54) is 24.1 Å². The quantitative estimate of drug-likeness (QED) is 0.377. The van der Waals surface area contributed by atoms with Crippen molar-refractivity contribution in [2.75, 3.05) is 0 Å². The maximum absolute atomic E-state index is 8.16. The molecule has 0 aromatic heterocycles. The predicted octanol–water partition coefficient (Wildman–Crippen LogP) is 0.339. The van der Waals surface area contributed by atoms with Gasteiger partial charge in [-0.25, -0.2) is 0 Å². The number of hydrogen-bond donors (Lipinski definition) is 0. The fourth-order valence-electron chi connectivity index (χ4n) is 0.312. The van der Waals surface area contributed by atoms with Gasteiger partial charge in [-0.05, 0) is 0 Å². The lowest BCUT2D eigenvalue weighted by Crippen LogP contribution is -1.95. The van der Waals surface area contributed by atoms with Crippen molar-refractivity contribution < 1.29 is 0 Å². The highest BCUT2D eigenvalue weighted by molar-refractivity contribution is 5.68. The van der Waals surface area contributed by atoms with Gasteiger partial charge in [-0.1, -0.05) is 0 Å². The molecule has 0 aliphatic carbocycles. The van der Waals surface area contributed by atoms with Gasteiger partial charge in [0, 0.05) is 0 Å². The second-order valence-electron chi connectivity index (χ2n) is 1.33. The molecule has 0 radical (unpaired) electrons. The van der Waals surface area contributed by atoms with E-state index in [0.29, 0.717) is 0 Å². The van der Waals surface area contributed by atoms with Gasteiger partial charge in [-0.2, -0.15) is 15.8 Å². The molecule has 10 heavy (non-hydrogen) atoms. The molecule has 0 aliphatic rings. The molecule has 0 saturated carbocycles. The Kier molecular flexibility index (Phi) is 3.06. The molecule has 0 N–H and O–H groups in total. The van der Waals surface area contributed by atoms with Gasteiger partial charge in [0.2, 0.25) is 0 Å². The Labute approximate surface area is 57.7 Å². The molecule has 46 valence electrons. The number of nitriles is 3. The summed E-state index contributed by atoms with van der Waals surface area (Å²) in [6.45, 7) is 0. The smallest absolute Gasteiger partial charge is 0.173 e. The average molecular weight is 129 g/mol. The largest absolute Gasteiger partial charge is 0.762 e. The van der Waals surface area contributed by atoms with E-state index < -0.39 is 5.92 Å². The monoisotopic (exact) mass is 129 g/mol. The van der Waals surface area contributed by atoms with Crippen molar-refractivity contribution in [2.24, 2.45) is 5.92 Å². The molecule has 0 unspecified atom stereocenters. The summed E-state index contributed by atoms with van der Waals surface area (Å²) in [4.78, 5) is 0. The van der Waals surface area contributed by atoms with Crippen molar-refractivity contribution >= 4 is 5.87 Å². The van der Waals surface area contributed by atoms with Crippen LogP contribution >= 0.6 is 0 Å². The fraction of sp³-hybridized carbons (Fsp3) is 0.167.